The molecule has 2 heterocycles. The first kappa shape index (κ1) is 12.4. The lowest BCUT2D eigenvalue weighted by Gasteiger charge is -2.16. The van der Waals surface area contributed by atoms with Crippen LogP contribution in [0.2, 0.25) is 0 Å². The molecule has 0 N–H and O–H groups in total. The molecule has 1 unspecified atom stereocenters. The molecule has 19 heavy (non-hydrogen) atoms. The molecule has 1 aromatic carbocycles. The molecule has 0 saturated heterocycles. The van der Waals surface area contributed by atoms with E-state index >= 15 is 0 Å². The van der Waals surface area contributed by atoms with Gasteiger partial charge in [-0.05, 0) is 47.5 Å². The molecule has 2 aromatic heterocycles. The van der Waals surface area contributed by atoms with Crippen LogP contribution in [0.15, 0.2) is 47.1 Å². The molecule has 4 heteroatoms. The van der Waals surface area contributed by atoms with Gasteiger partial charge in [0.15, 0.2) is 5.65 Å². The summed E-state index contributed by atoms with van der Waals surface area (Å²) in [5.41, 5.74) is 3.11. The Kier molecular flexibility index (Phi) is 3.11. The van der Waals surface area contributed by atoms with Crippen LogP contribution in [0.1, 0.15) is 24.4 Å². The minimum absolute atomic E-state index is 0.216. The molecular weight excluding hydrogens is 302 g/mol. The van der Waals surface area contributed by atoms with Gasteiger partial charge < -0.3 is 4.57 Å². The maximum Gasteiger partial charge on any atom is 0.161 e. The lowest BCUT2D eigenvalue weighted by atomic mass is 10.1. The molecule has 0 saturated carbocycles. The van der Waals surface area contributed by atoms with E-state index in [1.165, 1.54) is 5.56 Å². The van der Waals surface area contributed by atoms with E-state index in [1.807, 2.05) is 25.1 Å². The highest BCUT2D eigenvalue weighted by molar-refractivity contribution is 9.10. The number of rotatable bonds is 2. The van der Waals surface area contributed by atoms with Crippen LogP contribution in [-0.2, 0) is 0 Å². The quantitative estimate of drug-likeness (QED) is 0.666. The maximum absolute atomic E-state index is 4.58. The molecule has 0 spiro atoms. The van der Waals surface area contributed by atoms with Crippen molar-refractivity contribution in [2.45, 2.75) is 19.9 Å². The summed E-state index contributed by atoms with van der Waals surface area (Å²) in [4.78, 5) is 9.14. The van der Waals surface area contributed by atoms with E-state index < -0.39 is 0 Å². The third kappa shape index (κ3) is 2.16. The first-order chi connectivity index (χ1) is 9.16. The Labute approximate surface area is 120 Å². The van der Waals surface area contributed by atoms with Crippen molar-refractivity contribution in [1.82, 2.24) is 14.5 Å². The Morgan fingerprint density at radius 2 is 1.79 bits per heavy atom. The summed E-state index contributed by atoms with van der Waals surface area (Å²) in [6.07, 6.45) is 0. The Bertz CT molecular complexity index is 719. The zero-order valence-electron chi connectivity index (χ0n) is 10.8. The molecule has 0 fully saturated rings. The second-order valence-corrected chi connectivity index (χ2v) is 5.40. The van der Waals surface area contributed by atoms with Crippen LogP contribution in [0.25, 0.3) is 11.2 Å². The van der Waals surface area contributed by atoms with E-state index in [9.17, 15) is 0 Å². The molecule has 0 aliphatic heterocycles. The third-order valence-electron chi connectivity index (χ3n) is 3.35. The van der Waals surface area contributed by atoms with E-state index in [0.717, 1.165) is 21.6 Å². The summed E-state index contributed by atoms with van der Waals surface area (Å²) in [6, 6.07) is 14.5. The lowest BCUT2D eigenvalue weighted by Crippen LogP contribution is -2.09. The highest BCUT2D eigenvalue weighted by Crippen LogP contribution is 2.25. The topological polar surface area (TPSA) is 30.7 Å². The van der Waals surface area contributed by atoms with Crippen LogP contribution in [0.4, 0.5) is 0 Å². The van der Waals surface area contributed by atoms with Crippen LogP contribution in [0.3, 0.4) is 0 Å². The highest BCUT2D eigenvalue weighted by Gasteiger charge is 2.15. The van der Waals surface area contributed by atoms with Crippen molar-refractivity contribution >= 4 is 27.1 Å². The molecule has 3 nitrogen and oxygen atoms in total. The van der Waals surface area contributed by atoms with Crippen molar-refractivity contribution in [3.63, 3.8) is 0 Å². The van der Waals surface area contributed by atoms with Gasteiger partial charge in [0, 0.05) is 0 Å². The predicted octanol–water partition coefficient (Wildman–Crippen LogP) is 4.11. The fraction of sp³-hybridized carbons (Fsp3) is 0.200. The second kappa shape index (κ2) is 4.78. The zero-order chi connectivity index (χ0) is 13.4. The van der Waals surface area contributed by atoms with Crippen molar-refractivity contribution in [3.8, 4) is 0 Å². The minimum Gasteiger partial charge on any atom is -0.306 e. The van der Waals surface area contributed by atoms with E-state index in [2.05, 4.69) is 61.7 Å². The van der Waals surface area contributed by atoms with Gasteiger partial charge in [0.25, 0.3) is 0 Å². The monoisotopic (exact) mass is 315 g/mol. The predicted molar refractivity (Wildman–Crippen MR) is 80.2 cm³/mol. The van der Waals surface area contributed by atoms with Crippen LogP contribution < -0.4 is 0 Å². The van der Waals surface area contributed by atoms with Gasteiger partial charge in [-0.3, -0.25) is 0 Å². The molecule has 0 aliphatic carbocycles. The summed E-state index contributed by atoms with van der Waals surface area (Å²) in [7, 11) is 0. The van der Waals surface area contributed by atoms with Gasteiger partial charge in [-0.15, -0.1) is 0 Å². The first-order valence-electron chi connectivity index (χ1n) is 6.23. The molecule has 3 rings (SSSR count). The summed E-state index contributed by atoms with van der Waals surface area (Å²) < 4.78 is 3.01. The molecule has 3 aromatic rings. The maximum atomic E-state index is 4.58. The highest BCUT2D eigenvalue weighted by atomic mass is 79.9. The molecule has 96 valence electrons. The second-order valence-electron chi connectivity index (χ2n) is 4.59. The molecule has 0 amide bonds. The standard InChI is InChI=1S/C15H14BrN3/c1-10(12-6-4-3-5-7-12)19-11(2)17-13-8-9-14(16)18-15(13)19/h3-10H,1-2H3. The first-order valence-corrected chi connectivity index (χ1v) is 7.02. The van der Waals surface area contributed by atoms with Gasteiger partial charge in [-0.1, -0.05) is 30.3 Å². The van der Waals surface area contributed by atoms with Crippen LogP contribution in [-0.4, -0.2) is 14.5 Å². The number of hydrogen-bond acceptors (Lipinski definition) is 2. The van der Waals surface area contributed by atoms with Crippen LogP contribution in [0, 0.1) is 6.92 Å². The molecule has 1 atom stereocenters. The summed E-state index contributed by atoms with van der Waals surface area (Å²) in [5, 5.41) is 0. The summed E-state index contributed by atoms with van der Waals surface area (Å²) >= 11 is 3.43. The fourth-order valence-corrected chi connectivity index (χ4v) is 2.71. The molecule has 0 radical (unpaired) electrons. The zero-order valence-corrected chi connectivity index (χ0v) is 12.4. The van der Waals surface area contributed by atoms with Crippen molar-refractivity contribution in [1.29, 1.82) is 0 Å². The van der Waals surface area contributed by atoms with E-state index in [1.54, 1.807) is 0 Å². The Hall–Kier alpha value is -1.68. The Morgan fingerprint density at radius 1 is 1.05 bits per heavy atom. The fourth-order valence-electron chi connectivity index (χ4n) is 2.41. The number of halogens is 1. The number of aromatic nitrogens is 3. The average molecular weight is 316 g/mol. The van der Waals surface area contributed by atoms with E-state index in [-0.39, 0.29) is 6.04 Å². The van der Waals surface area contributed by atoms with Crippen LogP contribution in [0.5, 0.6) is 0 Å². The number of nitrogens with zero attached hydrogens (tertiary/aromatic N) is 3. The number of imidazole rings is 1. The van der Waals surface area contributed by atoms with Gasteiger partial charge in [0.2, 0.25) is 0 Å². The van der Waals surface area contributed by atoms with Crippen molar-refractivity contribution in [2.75, 3.05) is 0 Å². The number of aryl methyl sites for hydroxylation is 1. The largest absolute Gasteiger partial charge is 0.306 e. The summed E-state index contributed by atoms with van der Waals surface area (Å²) in [5.74, 6) is 0.983. The van der Waals surface area contributed by atoms with Crippen LogP contribution >= 0.6 is 15.9 Å². The number of fused-ring (bicyclic) bond motifs is 1. The van der Waals surface area contributed by atoms with Gasteiger partial charge >= 0.3 is 0 Å². The SMILES string of the molecule is Cc1nc2ccc(Br)nc2n1C(C)c1ccccc1. The normalized spacial score (nSPS) is 12.8. The van der Waals surface area contributed by atoms with E-state index in [0.29, 0.717) is 0 Å². The minimum atomic E-state index is 0.216. The molecular formula is C15H14BrN3. The van der Waals surface area contributed by atoms with Crippen molar-refractivity contribution < 1.29 is 0 Å². The van der Waals surface area contributed by atoms with Crippen molar-refractivity contribution in [3.05, 3.63) is 58.5 Å². The Balaban J connectivity index is 2.19. The van der Waals surface area contributed by atoms with Gasteiger partial charge in [-0.25, -0.2) is 9.97 Å². The van der Waals surface area contributed by atoms with Gasteiger partial charge in [-0.2, -0.15) is 0 Å². The number of benzene rings is 1. The number of pyridine rings is 1. The number of hydrogen-bond donors (Lipinski definition) is 0. The van der Waals surface area contributed by atoms with Gasteiger partial charge in [0.1, 0.15) is 15.9 Å². The average Bonchev–Trinajstić information content (AvgIpc) is 2.74. The van der Waals surface area contributed by atoms with E-state index in [4.69, 9.17) is 0 Å². The Morgan fingerprint density at radius 3 is 2.53 bits per heavy atom. The summed E-state index contributed by atoms with van der Waals surface area (Å²) in [6.45, 7) is 4.20. The lowest BCUT2D eigenvalue weighted by molar-refractivity contribution is 0.632. The molecule has 0 aliphatic rings. The van der Waals surface area contributed by atoms with Gasteiger partial charge in [0.05, 0.1) is 6.04 Å². The molecule has 0 bridgehead atoms. The smallest absolute Gasteiger partial charge is 0.161 e. The third-order valence-corrected chi connectivity index (χ3v) is 3.79. The van der Waals surface area contributed by atoms with Crippen molar-refractivity contribution in [2.24, 2.45) is 0 Å².